The fraction of sp³-hybridized carbons (Fsp3) is 0.0952. The normalized spacial score (nSPS) is 17.1. The van der Waals surface area contributed by atoms with E-state index in [2.05, 4.69) is 9.98 Å². The molecule has 1 unspecified atom stereocenters. The number of halogens is 1. The molecule has 6 nitrogen and oxygen atoms in total. The van der Waals surface area contributed by atoms with Gasteiger partial charge in [-0.2, -0.15) is 4.57 Å². The Morgan fingerprint density at radius 1 is 1.11 bits per heavy atom. The van der Waals surface area contributed by atoms with Gasteiger partial charge in [0.05, 0.1) is 18.5 Å². The van der Waals surface area contributed by atoms with Crippen molar-refractivity contribution in [1.82, 2.24) is 9.55 Å². The highest BCUT2D eigenvalue weighted by Crippen LogP contribution is 2.43. The summed E-state index contributed by atoms with van der Waals surface area (Å²) in [4.78, 5) is 30.4. The molecule has 1 aromatic heterocycles. The molecule has 28 heavy (non-hydrogen) atoms. The van der Waals surface area contributed by atoms with Gasteiger partial charge in [0.25, 0.3) is 11.4 Å². The molecule has 138 valence electrons. The largest absolute Gasteiger partial charge is 0.507 e. The van der Waals surface area contributed by atoms with Crippen LogP contribution in [0.1, 0.15) is 28.2 Å². The van der Waals surface area contributed by atoms with Crippen molar-refractivity contribution in [3.05, 3.63) is 103 Å². The Labute approximate surface area is 157 Å². The fourth-order valence-corrected chi connectivity index (χ4v) is 4.07. The maximum atomic E-state index is 14.0. The molecule has 0 spiro atoms. The lowest BCUT2D eigenvalue weighted by atomic mass is 9.81. The molecular formula is C21H15FN3O3+. The number of hydrogen-bond acceptors (Lipinski definition) is 3. The first kappa shape index (κ1) is 16.4. The molecule has 0 saturated heterocycles. The van der Waals surface area contributed by atoms with Crippen molar-refractivity contribution in [2.24, 2.45) is 7.05 Å². The van der Waals surface area contributed by atoms with Gasteiger partial charge in [0.1, 0.15) is 22.9 Å². The van der Waals surface area contributed by atoms with Crippen LogP contribution in [0.4, 0.5) is 10.2 Å². The summed E-state index contributed by atoms with van der Waals surface area (Å²) in [5.74, 6) is -0.821. The third-order valence-corrected chi connectivity index (χ3v) is 5.34. The van der Waals surface area contributed by atoms with Crippen LogP contribution < -0.4 is 16.2 Å². The van der Waals surface area contributed by atoms with E-state index in [0.29, 0.717) is 28.2 Å². The van der Waals surface area contributed by atoms with Gasteiger partial charge in [-0.3, -0.25) is 9.78 Å². The van der Waals surface area contributed by atoms with Crippen LogP contribution in [0.15, 0.2) is 63.7 Å². The predicted octanol–water partition coefficient (Wildman–Crippen LogP) is 0.842. The van der Waals surface area contributed by atoms with Crippen LogP contribution in [-0.4, -0.2) is 20.4 Å². The fourth-order valence-electron chi connectivity index (χ4n) is 4.07. The molecule has 0 saturated carbocycles. The van der Waals surface area contributed by atoms with Crippen molar-refractivity contribution in [3.63, 3.8) is 0 Å². The first-order valence-corrected chi connectivity index (χ1v) is 8.73. The number of benzene rings is 2. The Balaban J connectivity index is 1.94. The zero-order chi connectivity index (χ0) is 19.6. The van der Waals surface area contributed by atoms with E-state index in [4.69, 9.17) is 0 Å². The van der Waals surface area contributed by atoms with Crippen LogP contribution in [0.5, 0.6) is 0 Å². The summed E-state index contributed by atoms with van der Waals surface area (Å²) in [5, 5.41) is 11.0. The molecule has 3 aromatic rings. The molecule has 0 fully saturated rings. The minimum Gasteiger partial charge on any atom is -0.507 e. The maximum absolute atomic E-state index is 14.0. The SMILES string of the molecule is Cn1c2c(c(=O)[nH]c1=O)C(c1cccc(F)c1)C1=C(O)c3ccccc3C1=[NH+]2. The van der Waals surface area contributed by atoms with Crippen LogP contribution in [0.2, 0.25) is 0 Å². The van der Waals surface area contributed by atoms with Crippen molar-refractivity contribution < 1.29 is 14.5 Å². The molecule has 5 rings (SSSR count). The molecule has 0 bridgehead atoms. The Morgan fingerprint density at radius 3 is 2.61 bits per heavy atom. The van der Waals surface area contributed by atoms with Gasteiger partial charge in [0.15, 0.2) is 0 Å². The zero-order valence-electron chi connectivity index (χ0n) is 14.8. The molecule has 0 amide bonds. The van der Waals surface area contributed by atoms with Crippen LogP contribution in [0, 0.1) is 5.82 Å². The summed E-state index contributed by atoms with van der Waals surface area (Å²) in [6, 6.07) is 13.2. The molecule has 2 aromatic carbocycles. The number of fused-ring (bicyclic) bond motifs is 4. The highest BCUT2D eigenvalue weighted by Gasteiger charge is 2.43. The second-order valence-corrected chi connectivity index (χ2v) is 6.88. The maximum Gasteiger partial charge on any atom is 0.415 e. The average molecular weight is 376 g/mol. The van der Waals surface area contributed by atoms with E-state index < -0.39 is 23.0 Å². The third kappa shape index (κ3) is 2.10. The minimum atomic E-state index is -0.732. The van der Waals surface area contributed by atoms with E-state index in [1.54, 1.807) is 31.3 Å². The second-order valence-electron chi connectivity index (χ2n) is 6.88. The van der Waals surface area contributed by atoms with Crippen LogP contribution in [0.3, 0.4) is 0 Å². The molecule has 3 N–H and O–H groups in total. The van der Waals surface area contributed by atoms with Crippen molar-refractivity contribution in [3.8, 4) is 0 Å². The van der Waals surface area contributed by atoms with Gasteiger partial charge < -0.3 is 5.11 Å². The summed E-state index contributed by atoms with van der Waals surface area (Å²) in [6.45, 7) is 0. The number of aliphatic hydroxyl groups is 1. The number of aliphatic hydroxyl groups excluding tert-OH is 1. The van der Waals surface area contributed by atoms with Gasteiger partial charge in [-0.1, -0.05) is 30.3 Å². The summed E-state index contributed by atoms with van der Waals surface area (Å²) in [6.07, 6.45) is 0. The van der Waals surface area contributed by atoms with Crippen molar-refractivity contribution in [1.29, 1.82) is 0 Å². The van der Waals surface area contributed by atoms with Crippen LogP contribution >= 0.6 is 0 Å². The Bertz CT molecular complexity index is 1350. The van der Waals surface area contributed by atoms with Gasteiger partial charge in [0.2, 0.25) is 0 Å². The smallest absolute Gasteiger partial charge is 0.415 e. The van der Waals surface area contributed by atoms with E-state index in [0.717, 1.165) is 5.56 Å². The number of aromatic amines is 1. The highest BCUT2D eigenvalue weighted by molar-refractivity contribution is 6.21. The zero-order valence-corrected chi connectivity index (χ0v) is 14.8. The number of nitrogens with one attached hydrogen (secondary N) is 2. The number of H-pyrrole nitrogens is 1. The summed E-state index contributed by atoms with van der Waals surface area (Å²) >= 11 is 0. The minimum absolute atomic E-state index is 0.0336. The lowest BCUT2D eigenvalue weighted by Gasteiger charge is -2.23. The first-order chi connectivity index (χ1) is 13.5. The van der Waals surface area contributed by atoms with Crippen molar-refractivity contribution in [2.75, 3.05) is 0 Å². The van der Waals surface area contributed by atoms with Crippen LogP contribution in [-0.2, 0) is 7.05 Å². The first-order valence-electron chi connectivity index (χ1n) is 8.73. The van der Waals surface area contributed by atoms with E-state index in [9.17, 15) is 19.1 Å². The van der Waals surface area contributed by atoms with Crippen molar-refractivity contribution in [2.45, 2.75) is 5.92 Å². The van der Waals surface area contributed by atoms with Gasteiger partial charge in [0, 0.05) is 11.1 Å². The molecule has 1 atom stereocenters. The molecule has 2 aliphatic rings. The molecule has 1 aliphatic heterocycles. The number of hydrogen-bond donors (Lipinski definition) is 3. The highest BCUT2D eigenvalue weighted by atomic mass is 19.1. The van der Waals surface area contributed by atoms with Gasteiger partial charge in [-0.05, 0) is 23.8 Å². The molecule has 2 heterocycles. The monoisotopic (exact) mass is 376 g/mol. The Kier molecular flexibility index (Phi) is 3.30. The van der Waals surface area contributed by atoms with E-state index in [1.165, 1.54) is 16.7 Å². The van der Waals surface area contributed by atoms with Crippen LogP contribution in [0.25, 0.3) is 5.76 Å². The third-order valence-electron chi connectivity index (χ3n) is 5.34. The van der Waals surface area contributed by atoms with E-state index >= 15 is 0 Å². The Hall–Kier alpha value is -3.74. The summed E-state index contributed by atoms with van der Waals surface area (Å²) in [5.41, 5.74) is 2.11. The summed E-state index contributed by atoms with van der Waals surface area (Å²) in [7, 11) is 1.54. The van der Waals surface area contributed by atoms with Gasteiger partial charge in [-0.15, -0.1) is 0 Å². The predicted molar refractivity (Wildman–Crippen MR) is 101 cm³/mol. The number of aromatic nitrogens is 2. The molecular weight excluding hydrogens is 361 g/mol. The quantitative estimate of drug-likeness (QED) is 0.588. The van der Waals surface area contributed by atoms with Gasteiger partial charge >= 0.3 is 5.69 Å². The lowest BCUT2D eigenvalue weighted by molar-refractivity contribution is -0.364. The topological polar surface area (TPSA) is 89.1 Å². The second kappa shape index (κ2) is 5.63. The van der Waals surface area contributed by atoms with Gasteiger partial charge in [-0.25, -0.2) is 14.2 Å². The molecule has 7 heteroatoms. The Morgan fingerprint density at radius 2 is 1.86 bits per heavy atom. The van der Waals surface area contributed by atoms with E-state index in [1.807, 2.05) is 12.1 Å². The number of nitrogens with zero attached hydrogens (tertiary/aromatic N) is 1. The molecule has 1 aliphatic carbocycles. The number of rotatable bonds is 1. The standard InChI is InChI=1S/C21H14FN3O3/c1-25-19-16(20(27)24-21(25)28)14(10-5-4-6-11(22)9-10)15-17(23-19)12-7-2-3-8-13(12)18(15)26/h2-9,14,26H,1H3,(H,24,27,28)/p+1. The summed E-state index contributed by atoms with van der Waals surface area (Å²) < 4.78 is 15.3. The number of allylic oxidation sites excluding steroid dienone is 1. The molecule has 0 radical (unpaired) electrons. The van der Waals surface area contributed by atoms with E-state index in [-0.39, 0.29) is 11.3 Å². The van der Waals surface area contributed by atoms with Crippen molar-refractivity contribution >= 4 is 17.3 Å². The average Bonchev–Trinajstić information content (AvgIpc) is 2.97. The lowest BCUT2D eigenvalue weighted by Crippen LogP contribution is -2.72.